The van der Waals surface area contributed by atoms with Crippen molar-refractivity contribution in [2.24, 2.45) is 0 Å². The number of hydrogen-bond donors (Lipinski definition) is 2. The van der Waals surface area contributed by atoms with E-state index in [-0.39, 0.29) is 11.8 Å². The molecule has 0 aliphatic carbocycles. The molecule has 0 bridgehead atoms. The Morgan fingerprint density at radius 3 is 1.97 bits per heavy atom. The van der Waals surface area contributed by atoms with Gasteiger partial charge in [-0.2, -0.15) is 0 Å². The second-order valence-electron chi connectivity index (χ2n) is 6.92. The fraction of sp³-hybridized carbons (Fsp3) is 0.200. The van der Waals surface area contributed by atoms with Gasteiger partial charge >= 0.3 is 0 Å². The Morgan fingerprint density at radius 2 is 1.28 bits per heavy atom. The Morgan fingerprint density at radius 1 is 0.690 bits per heavy atom. The van der Waals surface area contributed by atoms with Gasteiger partial charge in [-0.1, -0.05) is 72.8 Å². The van der Waals surface area contributed by atoms with Gasteiger partial charge in [0.05, 0.1) is 11.3 Å². The van der Waals surface area contributed by atoms with Crippen molar-refractivity contribution in [2.45, 2.75) is 25.7 Å². The summed E-state index contributed by atoms with van der Waals surface area (Å²) >= 11 is 0. The highest BCUT2D eigenvalue weighted by molar-refractivity contribution is 6.03. The van der Waals surface area contributed by atoms with Crippen molar-refractivity contribution in [3.63, 3.8) is 0 Å². The van der Waals surface area contributed by atoms with Gasteiger partial charge in [0.1, 0.15) is 0 Å². The van der Waals surface area contributed by atoms with Crippen LogP contribution in [0.4, 0.5) is 5.69 Å². The summed E-state index contributed by atoms with van der Waals surface area (Å²) in [4.78, 5) is 24.9. The van der Waals surface area contributed by atoms with E-state index in [0.717, 1.165) is 19.3 Å². The van der Waals surface area contributed by atoms with Crippen LogP contribution in [0.25, 0.3) is 0 Å². The van der Waals surface area contributed by atoms with Gasteiger partial charge < -0.3 is 10.6 Å². The molecule has 0 saturated heterocycles. The second kappa shape index (κ2) is 10.8. The van der Waals surface area contributed by atoms with E-state index < -0.39 is 0 Å². The Labute approximate surface area is 172 Å². The largest absolute Gasteiger partial charge is 0.352 e. The van der Waals surface area contributed by atoms with Crippen LogP contribution < -0.4 is 10.6 Å². The second-order valence-corrected chi connectivity index (χ2v) is 6.92. The smallest absolute Gasteiger partial charge is 0.253 e. The zero-order chi connectivity index (χ0) is 20.3. The standard InChI is InChI=1S/C25H26N2O2/c28-24(17-9-14-20-10-3-1-4-11-20)27-23-16-8-7-15-22(23)25(29)26-19-18-21-12-5-2-6-13-21/h1-8,10-13,15-16H,9,14,17-19H2,(H,26,29)(H,27,28). The molecule has 4 nitrogen and oxygen atoms in total. The molecule has 0 heterocycles. The average molecular weight is 386 g/mol. The molecule has 0 unspecified atom stereocenters. The molecule has 0 saturated carbocycles. The lowest BCUT2D eigenvalue weighted by molar-refractivity contribution is -0.116. The van der Waals surface area contributed by atoms with Crippen molar-refractivity contribution in [3.05, 3.63) is 102 Å². The van der Waals surface area contributed by atoms with E-state index in [1.165, 1.54) is 11.1 Å². The van der Waals surface area contributed by atoms with Crippen LogP contribution >= 0.6 is 0 Å². The Hall–Kier alpha value is -3.40. The predicted octanol–water partition coefficient (Wildman–Crippen LogP) is 4.62. The molecule has 4 heteroatoms. The van der Waals surface area contributed by atoms with Crippen molar-refractivity contribution in [1.29, 1.82) is 0 Å². The number of rotatable bonds is 9. The number of aryl methyl sites for hydroxylation is 1. The minimum Gasteiger partial charge on any atom is -0.352 e. The quantitative estimate of drug-likeness (QED) is 0.564. The van der Waals surface area contributed by atoms with E-state index in [4.69, 9.17) is 0 Å². The molecule has 3 rings (SSSR count). The van der Waals surface area contributed by atoms with Gasteiger partial charge in [0.25, 0.3) is 5.91 Å². The molecule has 0 fully saturated rings. The summed E-state index contributed by atoms with van der Waals surface area (Å²) in [6.45, 7) is 0.544. The molecular weight excluding hydrogens is 360 g/mol. The van der Waals surface area contributed by atoms with Crippen LogP contribution in [0.5, 0.6) is 0 Å². The molecule has 2 amide bonds. The molecule has 3 aromatic rings. The number of carbonyl (C=O) groups excluding carboxylic acids is 2. The Bertz CT molecular complexity index is 924. The van der Waals surface area contributed by atoms with Crippen LogP contribution in [0.15, 0.2) is 84.9 Å². The number of para-hydroxylation sites is 1. The third-order valence-electron chi connectivity index (χ3n) is 4.70. The van der Waals surface area contributed by atoms with Crippen LogP contribution in [-0.2, 0) is 17.6 Å². The number of benzene rings is 3. The van der Waals surface area contributed by atoms with Gasteiger partial charge in [-0.05, 0) is 42.5 Å². The summed E-state index contributed by atoms with van der Waals surface area (Å²) < 4.78 is 0. The third kappa shape index (κ3) is 6.61. The first-order valence-corrected chi connectivity index (χ1v) is 9.97. The summed E-state index contributed by atoms with van der Waals surface area (Å²) in [6.07, 6.45) is 2.80. The molecular formula is C25H26N2O2. The first kappa shape index (κ1) is 20.3. The molecule has 0 radical (unpaired) electrons. The maximum Gasteiger partial charge on any atom is 0.253 e. The highest BCUT2D eigenvalue weighted by atomic mass is 16.2. The van der Waals surface area contributed by atoms with Crippen LogP contribution in [0.2, 0.25) is 0 Å². The predicted molar refractivity (Wildman–Crippen MR) is 117 cm³/mol. The first-order chi connectivity index (χ1) is 14.2. The topological polar surface area (TPSA) is 58.2 Å². The van der Waals surface area contributed by atoms with Crippen LogP contribution in [0, 0.1) is 0 Å². The number of nitrogens with one attached hydrogen (secondary N) is 2. The lowest BCUT2D eigenvalue weighted by Crippen LogP contribution is -2.27. The van der Waals surface area contributed by atoms with E-state index in [1.54, 1.807) is 18.2 Å². The monoisotopic (exact) mass is 386 g/mol. The number of carbonyl (C=O) groups is 2. The summed E-state index contributed by atoms with van der Waals surface area (Å²) in [5, 5.41) is 5.82. The Kier molecular flexibility index (Phi) is 7.58. The van der Waals surface area contributed by atoms with Crippen molar-refractivity contribution >= 4 is 17.5 Å². The molecule has 29 heavy (non-hydrogen) atoms. The van der Waals surface area contributed by atoms with Crippen molar-refractivity contribution < 1.29 is 9.59 Å². The maximum atomic E-state index is 12.6. The van der Waals surface area contributed by atoms with E-state index in [9.17, 15) is 9.59 Å². The SMILES string of the molecule is O=C(CCCc1ccccc1)Nc1ccccc1C(=O)NCCc1ccccc1. The zero-order valence-electron chi connectivity index (χ0n) is 16.4. The molecule has 0 spiro atoms. The van der Waals surface area contributed by atoms with Crippen LogP contribution in [-0.4, -0.2) is 18.4 Å². The van der Waals surface area contributed by atoms with E-state index in [2.05, 4.69) is 22.8 Å². The van der Waals surface area contributed by atoms with Crippen molar-refractivity contribution in [1.82, 2.24) is 5.32 Å². The summed E-state index contributed by atoms with van der Waals surface area (Å²) in [5.41, 5.74) is 3.43. The third-order valence-corrected chi connectivity index (χ3v) is 4.70. The van der Waals surface area contributed by atoms with Crippen molar-refractivity contribution in [2.75, 3.05) is 11.9 Å². The molecule has 0 aliphatic heterocycles. The van der Waals surface area contributed by atoms with Gasteiger partial charge in [-0.25, -0.2) is 0 Å². The van der Waals surface area contributed by atoms with Gasteiger partial charge in [0, 0.05) is 13.0 Å². The normalized spacial score (nSPS) is 10.3. The molecule has 148 valence electrons. The molecule has 0 aliphatic rings. The fourth-order valence-electron chi connectivity index (χ4n) is 3.16. The Balaban J connectivity index is 1.49. The van der Waals surface area contributed by atoms with Crippen LogP contribution in [0.3, 0.4) is 0 Å². The van der Waals surface area contributed by atoms with Crippen molar-refractivity contribution in [3.8, 4) is 0 Å². The van der Waals surface area contributed by atoms with Gasteiger partial charge in [-0.15, -0.1) is 0 Å². The van der Waals surface area contributed by atoms with Gasteiger partial charge in [-0.3, -0.25) is 9.59 Å². The number of hydrogen-bond acceptors (Lipinski definition) is 2. The minimum absolute atomic E-state index is 0.0783. The highest BCUT2D eigenvalue weighted by Crippen LogP contribution is 2.16. The lowest BCUT2D eigenvalue weighted by atomic mass is 10.1. The summed E-state index contributed by atoms with van der Waals surface area (Å²) in [7, 11) is 0. The van der Waals surface area contributed by atoms with E-state index in [1.807, 2.05) is 54.6 Å². The molecule has 0 aromatic heterocycles. The molecule has 2 N–H and O–H groups in total. The van der Waals surface area contributed by atoms with Crippen LogP contribution in [0.1, 0.15) is 34.3 Å². The maximum absolute atomic E-state index is 12.6. The fourth-order valence-corrected chi connectivity index (χ4v) is 3.16. The summed E-state index contributed by atoms with van der Waals surface area (Å²) in [5.74, 6) is -0.258. The van der Waals surface area contributed by atoms with E-state index in [0.29, 0.717) is 24.2 Å². The minimum atomic E-state index is -0.180. The molecule has 3 aromatic carbocycles. The summed E-state index contributed by atoms with van der Waals surface area (Å²) in [6, 6.07) is 27.3. The number of anilines is 1. The number of amides is 2. The van der Waals surface area contributed by atoms with Gasteiger partial charge in [0.2, 0.25) is 5.91 Å². The zero-order valence-corrected chi connectivity index (χ0v) is 16.4. The highest BCUT2D eigenvalue weighted by Gasteiger charge is 2.12. The van der Waals surface area contributed by atoms with E-state index >= 15 is 0 Å². The first-order valence-electron chi connectivity index (χ1n) is 9.97. The van der Waals surface area contributed by atoms with Gasteiger partial charge in [0.15, 0.2) is 0 Å². The average Bonchev–Trinajstić information content (AvgIpc) is 2.75. The lowest BCUT2D eigenvalue weighted by Gasteiger charge is -2.11. The molecule has 0 atom stereocenters.